The lowest BCUT2D eigenvalue weighted by atomic mass is 9.98. The zero-order chi connectivity index (χ0) is 22.0. The Kier molecular flexibility index (Phi) is 5.93. The second kappa shape index (κ2) is 8.79. The van der Waals surface area contributed by atoms with E-state index in [-0.39, 0.29) is 12.5 Å². The molecule has 2 aromatic rings. The van der Waals surface area contributed by atoms with E-state index < -0.39 is 30.6 Å². The third kappa shape index (κ3) is 4.71. The van der Waals surface area contributed by atoms with Crippen LogP contribution in [-0.4, -0.2) is 54.2 Å². The average molecular weight is 422 g/mol. The van der Waals surface area contributed by atoms with Crippen molar-refractivity contribution in [2.75, 3.05) is 20.2 Å². The number of carboxylic acid groups (broad SMARTS) is 1. The summed E-state index contributed by atoms with van der Waals surface area (Å²) < 4.78 is 5.55. The third-order valence-electron chi connectivity index (χ3n) is 5.95. The number of carboxylic acids is 1. The van der Waals surface area contributed by atoms with Crippen molar-refractivity contribution in [2.45, 2.75) is 31.2 Å². The minimum Gasteiger partial charge on any atom is -0.480 e. The number of amides is 2. The highest BCUT2D eigenvalue weighted by atomic mass is 16.5. The molecule has 0 spiro atoms. The number of fused-ring (bicyclic) bond motifs is 3. The van der Waals surface area contributed by atoms with Gasteiger partial charge in [-0.2, -0.15) is 0 Å². The highest BCUT2D eigenvalue weighted by Gasteiger charge is 2.33. The number of benzene rings is 2. The van der Waals surface area contributed by atoms with Gasteiger partial charge in [-0.15, -0.1) is 0 Å². The first kappa shape index (κ1) is 20.9. The van der Waals surface area contributed by atoms with Crippen LogP contribution in [0.1, 0.15) is 36.3 Å². The Morgan fingerprint density at radius 3 is 2.19 bits per heavy atom. The van der Waals surface area contributed by atoms with Crippen LogP contribution in [0, 0.1) is 5.92 Å². The van der Waals surface area contributed by atoms with Gasteiger partial charge in [0.25, 0.3) is 0 Å². The molecule has 0 radical (unpaired) electrons. The van der Waals surface area contributed by atoms with Gasteiger partial charge in [-0.05, 0) is 34.6 Å². The fourth-order valence-electron chi connectivity index (χ4n) is 4.24. The average Bonchev–Trinajstić information content (AvgIpc) is 3.51. The molecule has 31 heavy (non-hydrogen) atoms. The van der Waals surface area contributed by atoms with Crippen LogP contribution < -0.4 is 5.32 Å². The van der Waals surface area contributed by atoms with Crippen LogP contribution in [0.2, 0.25) is 0 Å². The first-order valence-corrected chi connectivity index (χ1v) is 10.5. The normalized spacial score (nSPS) is 15.5. The van der Waals surface area contributed by atoms with Gasteiger partial charge in [-0.25, -0.2) is 4.79 Å². The number of nitrogens with one attached hydrogen (secondary N) is 1. The molecule has 2 aromatic carbocycles. The summed E-state index contributed by atoms with van der Waals surface area (Å²) in [6.07, 6.45) is 1.86. The molecule has 2 aliphatic carbocycles. The van der Waals surface area contributed by atoms with Gasteiger partial charge in [0.05, 0.1) is 0 Å². The van der Waals surface area contributed by atoms with Crippen LogP contribution >= 0.6 is 0 Å². The van der Waals surface area contributed by atoms with Crippen molar-refractivity contribution < 1.29 is 24.2 Å². The number of nitrogens with zero attached hydrogens (tertiary/aromatic N) is 1. The molecule has 2 aliphatic rings. The van der Waals surface area contributed by atoms with Crippen molar-refractivity contribution >= 4 is 18.0 Å². The zero-order valence-corrected chi connectivity index (χ0v) is 17.4. The molecule has 0 bridgehead atoms. The first-order chi connectivity index (χ1) is 14.9. The predicted octanol–water partition coefficient (Wildman–Crippen LogP) is 3.24. The molecule has 0 heterocycles. The lowest BCUT2D eigenvalue weighted by Gasteiger charge is -2.23. The smallest absolute Gasteiger partial charge is 0.407 e. The van der Waals surface area contributed by atoms with Gasteiger partial charge >= 0.3 is 12.1 Å². The molecule has 1 atom stereocenters. The molecule has 0 saturated heterocycles. The number of aliphatic carboxylic acids is 1. The van der Waals surface area contributed by atoms with Gasteiger partial charge in [-0.3, -0.25) is 9.59 Å². The molecular formula is C24H26N2O5. The third-order valence-corrected chi connectivity index (χ3v) is 5.95. The van der Waals surface area contributed by atoms with Crippen molar-refractivity contribution in [3.63, 3.8) is 0 Å². The Hall–Kier alpha value is -3.35. The fraction of sp³-hybridized carbons (Fsp3) is 0.375. The minimum atomic E-state index is -1.10. The molecule has 2 amide bonds. The van der Waals surface area contributed by atoms with Crippen LogP contribution in [0.3, 0.4) is 0 Å². The van der Waals surface area contributed by atoms with Crippen LogP contribution in [0.4, 0.5) is 4.79 Å². The van der Waals surface area contributed by atoms with Gasteiger partial charge in [-0.1, -0.05) is 61.4 Å². The molecular weight excluding hydrogens is 396 g/mol. The van der Waals surface area contributed by atoms with E-state index >= 15 is 0 Å². The summed E-state index contributed by atoms with van der Waals surface area (Å²) in [7, 11) is 1.43. The van der Waals surface area contributed by atoms with Gasteiger partial charge in [0.2, 0.25) is 5.91 Å². The first-order valence-electron chi connectivity index (χ1n) is 10.5. The minimum absolute atomic E-state index is 0.0644. The van der Waals surface area contributed by atoms with Crippen LogP contribution in [0.5, 0.6) is 0 Å². The quantitative estimate of drug-likeness (QED) is 0.681. The number of likely N-dealkylation sites (N-methyl/N-ethyl adjacent to an activating group) is 1. The van der Waals surface area contributed by atoms with Crippen LogP contribution in [0.25, 0.3) is 11.1 Å². The topological polar surface area (TPSA) is 95.9 Å². The number of carbonyl (C=O) groups is 3. The monoisotopic (exact) mass is 422 g/mol. The summed E-state index contributed by atoms with van der Waals surface area (Å²) in [6.45, 7) is -0.248. The summed E-state index contributed by atoms with van der Waals surface area (Å²) >= 11 is 0. The number of rotatable bonds is 8. The van der Waals surface area contributed by atoms with Gasteiger partial charge in [0.1, 0.15) is 19.2 Å². The van der Waals surface area contributed by atoms with E-state index in [9.17, 15) is 14.4 Å². The van der Waals surface area contributed by atoms with Crippen molar-refractivity contribution in [3.05, 3.63) is 59.7 Å². The maximum absolute atomic E-state index is 12.7. The Morgan fingerprint density at radius 1 is 1.06 bits per heavy atom. The number of carbonyl (C=O) groups excluding carboxylic acids is 2. The standard InChI is InChI=1S/C24H26N2O5/c1-26(13-22(27)28)23(29)21(12-15-10-11-15)25-24(30)31-14-20-18-8-4-2-6-16(18)17-7-3-5-9-19(17)20/h2-9,15,20-21H,10-14H2,1H3,(H,25,30)(H,27,28)/t21-/m0/s1. The Morgan fingerprint density at radius 2 is 1.65 bits per heavy atom. The molecule has 2 N–H and O–H groups in total. The highest BCUT2D eigenvalue weighted by Crippen LogP contribution is 2.44. The van der Waals surface area contributed by atoms with Gasteiger partial charge < -0.3 is 20.1 Å². The number of alkyl carbamates (subject to hydrolysis) is 1. The molecule has 1 fully saturated rings. The number of hydrogen-bond donors (Lipinski definition) is 2. The van der Waals surface area contributed by atoms with E-state index in [1.54, 1.807) is 0 Å². The summed E-state index contributed by atoms with van der Waals surface area (Å²) in [5, 5.41) is 11.6. The number of ether oxygens (including phenoxy) is 1. The lowest BCUT2D eigenvalue weighted by Crippen LogP contribution is -2.49. The van der Waals surface area contributed by atoms with Crippen LogP contribution in [0.15, 0.2) is 48.5 Å². The van der Waals surface area contributed by atoms with E-state index in [0.717, 1.165) is 40.0 Å². The number of hydrogen-bond acceptors (Lipinski definition) is 4. The Bertz CT molecular complexity index is 955. The van der Waals surface area contributed by atoms with Crippen molar-refractivity contribution in [2.24, 2.45) is 5.92 Å². The van der Waals surface area contributed by atoms with Crippen molar-refractivity contribution in [3.8, 4) is 11.1 Å². The molecule has 0 unspecified atom stereocenters. The van der Waals surface area contributed by atoms with Gasteiger partial charge in [0, 0.05) is 13.0 Å². The molecule has 162 valence electrons. The molecule has 4 rings (SSSR count). The Balaban J connectivity index is 1.42. The van der Waals surface area contributed by atoms with E-state index in [0.29, 0.717) is 12.3 Å². The summed E-state index contributed by atoms with van der Waals surface area (Å²) in [5.74, 6) is -1.20. The SMILES string of the molecule is CN(CC(=O)O)C(=O)[C@H](CC1CC1)NC(=O)OCC1c2ccccc2-c2ccccc21. The maximum atomic E-state index is 12.7. The molecule has 7 heteroatoms. The highest BCUT2D eigenvalue weighted by molar-refractivity contribution is 5.88. The summed E-state index contributed by atoms with van der Waals surface area (Å²) in [5.41, 5.74) is 4.51. The maximum Gasteiger partial charge on any atom is 0.407 e. The second-order valence-electron chi connectivity index (χ2n) is 8.29. The van der Waals surface area contributed by atoms with E-state index in [2.05, 4.69) is 17.4 Å². The van der Waals surface area contributed by atoms with E-state index in [4.69, 9.17) is 9.84 Å². The van der Waals surface area contributed by atoms with E-state index in [1.165, 1.54) is 7.05 Å². The largest absolute Gasteiger partial charge is 0.480 e. The predicted molar refractivity (Wildman–Crippen MR) is 115 cm³/mol. The molecule has 0 aliphatic heterocycles. The summed E-state index contributed by atoms with van der Waals surface area (Å²) in [6, 6.07) is 15.4. The molecule has 1 saturated carbocycles. The molecule has 0 aromatic heterocycles. The van der Waals surface area contributed by atoms with Crippen LogP contribution in [-0.2, 0) is 14.3 Å². The summed E-state index contributed by atoms with van der Waals surface area (Å²) in [4.78, 5) is 37.3. The second-order valence-corrected chi connectivity index (χ2v) is 8.29. The van der Waals surface area contributed by atoms with Crippen molar-refractivity contribution in [1.29, 1.82) is 0 Å². The lowest BCUT2D eigenvalue weighted by molar-refractivity contribution is -0.144. The van der Waals surface area contributed by atoms with Crippen molar-refractivity contribution in [1.82, 2.24) is 10.2 Å². The molecule has 7 nitrogen and oxygen atoms in total. The van der Waals surface area contributed by atoms with Gasteiger partial charge in [0.15, 0.2) is 0 Å². The fourth-order valence-corrected chi connectivity index (χ4v) is 4.24. The van der Waals surface area contributed by atoms with E-state index in [1.807, 2.05) is 36.4 Å². The zero-order valence-electron chi connectivity index (χ0n) is 17.4. The Labute approximate surface area is 181 Å².